The number of carbonyl (C=O) groups is 1. The number of rotatable bonds is 13. The molecule has 2 atom stereocenters. The first-order valence-corrected chi connectivity index (χ1v) is 16.9. The van der Waals surface area contributed by atoms with Crippen LogP contribution in [0.1, 0.15) is 36.5 Å². The van der Waals surface area contributed by atoms with Gasteiger partial charge in [-0.15, -0.1) is 11.8 Å². The van der Waals surface area contributed by atoms with Crippen LogP contribution in [0.2, 0.25) is 10.0 Å². The number of hydrogen-bond acceptors (Lipinski definition) is 8. The highest BCUT2D eigenvalue weighted by Crippen LogP contribution is 2.39. The van der Waals surface area contributed by atoms with Gasteiger partial charge >= 0.3 is 12.6 Å². The maximum absolute atomic E-state index is 13.4. The summed E-state index contributed by atoms with van der Waals surface area (Å²) in [6, 6.07) is 12.1. The molecule has 2 aliphatic rings. The Bertz CT molecular complexity index is 1570. The molecule has 2 heterocycles. The van der Waals surface area contributed by atoms with Crippen LogP contribution >= 0.6 is 35.0 Å². The Morgan fingerprint density at radius 1 is 1.09 bits per heavy atom. The van der Waals surface area contributed by atoms with Gasteiger partial charge in [0.1, 0.15) is 16.1 Å². The molecule has 1 aliphatic carbocycles. The van der Waals surface area contributed by atoms with Crippen molar-refractivity contribution in [1.82, 2.24) is 4.31 Å². The van der Waals surface area contributed by atoms with E-state index in [2.05, 4.69) is 4.74 Å². The molecule has 0 radical (unpaired) electrons. The van der Waals surface area contributed by atoms with Gasteiger partial charge in [0.15, 0.2) is 23.9 Å². The van der Waals surface area contributed by atoms with E-state index < -0.39 is 34.1 Å². The molecule has 44 heavy (non-hydrogen) atoms. The fourth-order valence-electron chi connectivity index (χ4n) is 4.68. The summed E-state index contributed by atoms with van der Waals surface area (Å²) in [5.74, 6) is -0.0401. The molecule has 5 rings (SSSR count). The molecule has 1 aliphatic heterocycles. The fourth-order valence-corrected chi connectivity index (χ4v) is 8.50. The van der Waals surface area contributed by atoms with Gasteiger partial charge in [-0.3, -0.25) is 4.79 Å². The van der Waals surface area contributed by atoms with E-state index in [4.69, 9.17) is 32.7 Å². The largest absolute Gasteiger partial charge is 0.619 e. The second kappa shape index (κ2) is 14.1. The molecule has 0 amide bonds. The van der Waals surface area contributed by atoms with Crippen molar-refractivity contribution in [2.75, 3.05) is 18.9 Å². The lowest BCUT2D eigenvalue weighted by Crippen LogP contribution is -2.36. The molecule has 0 N–H and O–H groups in total. The molecular weight excluding hydrogens is 661 g/mol. The Morgan fingerprint density at radius 2 is 1.80 bits per heavy atom. The SMILES string of the molecule is O=C(CC1SCCN1S(=O)(=O)c1ccccc1)O[C@@H](Cc1c(Cl)c[n+]([O-])cc1Cl)c1ccc(OC(F)F)c(OCC2CC2)c1. The number of benzene rings is 2. The minimum atomic E-state index is -3.86. The highest BCUT2D eigenvalue weighted by molar-refractivity contribution is 8.01. The highest BCUT2D eigenvalue weighted by Gasteiger charge is 2.38. The van der Waals surface area contributed by atoms with Crippen LogP contribution in [-0.2, 0) is 26.0 Å². The Kier molecular flexibility index (Phi) is 10.4. The average Bonchev–Trinajstić information content (AvgIpc) is 3.69. The molecule has 1 saturated heterocycles. The Balaban J connectivity index is 1.41. The van der Waals surface area contributed by atoms with Crippen LogP contribution in [0.4, 0.5) is 8.78 Å². The van der Waals surface area contributed by atoms with E-state index in [0.717, 1.165) is 25.2 Å². The summed E-state index contributed by atoms with van der Waals surface area (Å²) in [4.78, 5) is 13.5. The smallest absolute Gasteiger partial charge is 0.387 e. The number of esters is 1. The number of alkyl halides is 2. The van der Waals surface area contributed by atoms with Crippen molar-refractivity contribution in [3.05, 3.63) is 87.3 Å². The second-order valence-corrected chi connectivity index (χ2v) is 14.3. The molecule has 3 aromatic rings. The first kappa shape index (κ1) is 32.6. The molecule has 2 aromatic carbocycles. The predicted molar refractivity (Wildman–Crippen MR) is 160 cm³/mol. The van der Waals surface area contributed by atoms with Crippen molar-refractivity contribution in [2.45, 2.75) is 48.7 Å². The van der Waals surface area contributed by atoms with Gasteiger partial charge in [0.05, 0.1) is 23.3 Å². The number of ether oxygens (including phenoxy) is 3. The van der Waals surface area contributed by atoms with Crippen molar-refractivity contribution in [2.24, 2.45) is 5.92 Å². The lowest BCUT2D eigenvalue weighted by atomic mass is 10.0. The minimum Gasteiger partial charge on any atom is -0.619 e. The Hall–Kier alpha value is -2.84. The summed E-state index contributed by atoms with van der Waals surface area (Å²) in [5, 5.41) is 11.2. The first-order chi connectivity index (χ1) is 21.0. The van der Waals surface area contributed by atoms with Crippen molar-refractivity contribution >= 4 is 51.0 Å². The lowest BCUT2D eigenvalue weighted by molar-refractivity contribution is -0.605. The van der Waals surface area contributed by atoms with Crippen LogP contribution < -0.4 is 14.2 Å². The van der Waals surface area contributed by atoms with E-state index in [9.17, 15) is 27.2 Å². The van der Waals surface area contributed by atoms with E-state index in [-0.39, 0.29) is 45.8 Å². The van der Waals surface area contributed by atoms with E-state index in [1.54, 1.807) is 18.2 Å². The van der Waals surface area contributed by atoms with E-state index in [0.29, 0.717) is 34.1 Å². The zero-order valence-corrected chi connectivity index (χ0v) is 26.3. The van der Waals surface area contributed by atoms with Crippen LogP contribution in [-0.4, -0.2) is 49.6 Å². The molecule has 236 valence electrons. The van der Waals surface area contributed by atoms with E-state index in [1.165, 1.54) is 46.4 Å². The molecular formula is C29H28Cl2F2N2O7S2. The van der Waals surface area contributed by atoms with Crippen molar-refractivity contribution in [1.29, 1.82) is 0 Å². The van der Waals surface area contributed by atoms with Crippen LogP contribution in [0.25, 0.3) is 0 Å². The van der Waals surface area contributed by atoms with Gasteiger partial charge < -0.3 is 19.4 Å². The summed E-state index contributed by atoms with van der Waals surface area (Å²) in [6.45, 7) is -2.56. The number of carbonyl (C=O) groups excluding carboxylic acids is 1. The molecule has 1 aromatic heterocycles. The summed E-state index contributed by atoms with van der Waals surface area (Å²) < 4.78 is 70.9. The summed E-state index contributed by atoms with van der Waals surface area (Å²) >= 11 is 14.0. The zero-order valence-electron chi connectivity index (χ0n) is 23.1. The Labute approximate surface area is 267 Å². The van der Waals surface area contributed by atoms with Crippen LogP contribution in [0.3, 0.4) is 0 Å². The molecule has 0 spiro atoms. The second-order valence-electron chi connectivity index (χ2n) is 10.3. The lowest BCUT2D eigenvalue weighted by Gasteiger charge is -2.25. The number of nitrogens with zero attached hydrogens (tertiary/aromatic N) is 2. The standard InChI is InChI=1S/C29H28Cl2F2N2O7S2/c30-22-15-34(37)16-23(31)21(22)13-25(19-8-9-24(42-29(32)33)26(12-19)40-17-18-6-7-18)41-28(36)14-27-35(10-11-43-27)44(38,39)20-4-2-1-3-5-20/h1-5,8-9,12,15-16,18,25,27,29H,6-7,10-11,13-14,17H2/t25-,27?/m0/s1. The van der Waals surface area contributed by atoms with E-state index >= 15 is 0 Å². The quantitative estimate of drug-likeness (QED) is 0.122. The molecule has 1 unspecified atom stereocenters. The molecule has 1 saturated carbocycles. The molecule has 15 heteroatoms. The zero-order chi connectivity index (χ0) is 31.4. The fraction of sp³-hybridized carbons (Fsp3) is 0.379. The minimum absolute atomic E-state index is 0.0305. The van der Waals surface area contributed by atoms with Gasteiger partial charge in [0.25, 0.3) is 0 Å². The monoisotopic (exact) mass is 688 g/mol. The number of pyridine rings is 1. The van der Waals surface area contributed by atoms with Gasteiger partial charge in [0.2, 0.25) is 10.0 Å². The van der Waals surface area contributed by atoms with Crippen LogP contribution in [0.5, 0.6) is 11.5 Å². The predicted octanol–water partition coefficient (Wildman–Crippen LogP) is 6.00. The molecule has 2 fully saturated rings. The summed E-state index contributed by atoms with van der Waals surface area (Å²) in [7, 11) is -3.86. The third-order valence-corrected chi connectivity index (χ3v) is 11.0. The Morgan fingerprint density at radius 3 is 2.45 bits per heavy atom. The topological polar surface area (TPSA) is 109 Å². The number of thioether (sulfide) groups is 1. The number of sulfonamides is 1. The maximum Gasteiger partial charge on any atom is 0.387 e. The van der Waals surface area contributed by atoms with Gasteiger partial charge in [-0.25, -0.2) is 8.42 Å². The molecule has 0 bridgehead atoms. The third-order valence-electron chi connectivity index (χ3n) is 7.08. The van der Waals surface area contributed by atoms with Gasteiger partial charge in [-0.1, -0.05) is 47.5 Å². The third kappa shape index (κ3) is 8.05. The van der Waals surface area contributed by atoms with Crippen molar-refractivity contribution in [3.63, 3.8) is 0 Å². The summed E-state index contributed by atoms with van der Waals surface area (Å²) in [5.41, 5.74) is 0.680. The first-order valence-electron chi connectivity index (χ1n) is 13.7. The number of halogens is 4. The highest BCUT2D eigenvalue weighted by atomic mass is 35.5. The average molecular weight is 690 g/mol. The maximum atomic E-state index is 13.4. The van der Waals surface area contributed by atoms with Gasteiger partial charge in [-0.05, 0) is 48.6 Å². The normalized spacial score (nSPS) is 17.9. The van der Waals surface area contributed by atoms with Crippen LogP contribution in [0.15, 0.2) is 65.8 Å². The molecule has 9 nitrogen and oxygen atoms in total. The van der Waals surface area contributed by atoms with Gasteiger partial charge in [-0.2, -0.15) is 17.8 Å². The van der Waals surface area contributed by atoms with Crippen LogP contribution in [0, 0.1) is 11.1 Å². The van der Waals surface area contributed by atoms with Crippen molar-refractivity contribution in [3.8, 4) is 11.5 Å². The van der Waals surface area contributed by atoms with Gasteiger partial charge in [0, 0.05) is 24.3 Å². The van der Waals surface area contributed by atoms with Crippen molar-refractivity contribution < 1.29 is 40.9 Å². The van der Waals surface area contributed by atoms with E-state index in [1.807, 2.05) is 0 Å². The number of hydrogen-bond donors (Lipinski definition) is 0. The summed E-state index contributed by atoms with van der Waals surface area (Å²) in [6.07, 6.45) is 2.74. The number of aromatic nitrogens is 1.